The van der Waals surface area contributed by atoms with Gasteiger partial charge in [-0.25, -0.2) is 0 Å². The van der Waals surface area contributed by atoms with Gasteiger partial charge in [-0.15, -0.1) is 0 Å². The van der Waals surface area contributed by atoms with E-state index in [1.165, 1.54) is 0 Å². The zero-order chi connectivity index (χ0) is 13.2. The monoisotopic (exact) mass is 272 g/mol. The van der Waals surface area contributed by atoms with Gasteiger partial charge in [-0.2, -0.15) is 12.6 Å². The van der Waals surface area contributed by atoms with Crippen LogP contribution >= 0.6 is 12.6 Å². The lowest BCUT2D eigenvalue weighted by Crippen LogP contribution is -2.24. The molecule has 1 amide bonds. The molecule has 2 heterocycles. The van der Waals surface area contributed by atoms with Crippen molar-refractivity contribution in [3.8, 4) is 5.69 Å². The number of thiol groups is 1. The number of rotatable bonds is 3. The Morgan fingerprint density at radius 1 is 1.16 bits per heavy atom. The van der Waals surface area contributed by atoms with Crippen molar-refractivity contribution in [3.63, 3.8) is 0 Å². The lowest BCUT2D eigenvalue weighted by atomic mass is 10.1. The van der Waals surface area contributed by atoms with Gasteiger partial charge in [0, 0.05) is 36.7 Å². The smallest absolute Gasteiger partial charge is 0.227 e. The zero-order valence-electron chi connectivity index (χ0n) is 10.6. The van der Waals surface area contributed by atoms with Crippen molar-refractivity contribution in [2.24, 2.45) is 5.92 Å². The summed E-state index contributed by atoms with van der Waals surface area (Å²) in [4.78, 5) is 13.9. The molecule has 4 heteroatoms. The number of amides is 1. The molecule has 3 nitrogen and oxygen atoms in total. The number of carbonyl (C=O) groups is 1. The number of aromatic nitrogens is 1. The maximum atomic E-state index is 12.0. The lowest BCUT2D eigenvalue weighted by molar-refractivity contribution is -0.117. The van der Waals surface area contributed by atoms with Gasteiger partial charge in [0.25, 0.3) is 0 Å². The Morgan fingerprint density at radius 2 is 1.89 bits per heavy atom. The summed E-state index contributed by atoms with van der Waals surface area (Å²) < 4.78 is 2.04. The van der Waals surface area contributed by atoms with Crippen LogP contribution in [0.3, 0.4) is 0 Å². The van der Waals surface area contributed by atoms with Crippen LogP contribution < -0.4 is 4.90 Å². The largest absolute Gasteiger partial charge is 0.324 e. The summed E-state index contributed by atoms with van der Waals surface area (Å²) in [6.07, 6.45) is 4.61. The zero-order valence-corrected chi connectivity index (χ0v) is 11.5. The van der Waals surface area contributed by atoms with Gasteiger partial charge in [0.2, 0.25) is 5.91 Å². The Kier molecular flexibility index (Phi) is 3.34. The molecule has 3 rings (SSSR count). The van der Waals surface area contributed by atoms with Crippen molar-refractivity contribution in [2.45, 2.75) is 6.42 Å². The molecule has 0 aliphatic carbocycles. The molecule has 1 fully saturated rings. The molecule has 0 bridgehead atoms. The van der Waals surface area contributed by atoms with E-state index in [0.29, 0.717) is 12.3 Å². The second-order valence-corrected chi connectivity index (χ2v) is 5.23. The molecule has 1 aromatic heterocycles. The highest BCUT2D eigenvalue weighted by molar-refractivity contribution is 7.80. The first-order valence-corrected chi connectivity index (χ1v) is 7.06. The van der Waals surface area contributed by atoms with E-state index in [1.807, 2.05) is 52.2 Å². The van der Waals surface area contributed by atoms with Gasteiger partial charge < -0.3 is 9.47 Å². The molecule has 0 radical (unpaired) electrons. The first-order valence-electron chi connectivity index (χ1n) is 6.42. The van der Waals surface area contributed by atoms with Gasteiger partial charge in [0.15, 0.2) is 0 Å². The lowest BCUT2D eigenvalue weighted by Gasteiger charge is -2.17. The molecule has 1 aliphatic rings. The topological polar surface area (TPSA) is 25.2 Å². The fourth-order valence-corrected chi connectivity index (χ4v) is 2.73. The summed E-state index contributed by atoms with van der Waals surface area (Å²) in [6, 6.07) is 12.1. The van der Waals surface area contributed by atoms with Gasteiger partial charge in [-0.1, -0.05) is 6.07 Å². The number of nitrogens with zero attached hydrogens (tertiary/aromatic N) is 2. The highest BCUT2D eigenvalue weighted by Gasteiger charge is 2.29. The molecule has 1 atom stereocenters. The Hall–Kier alpha value is -1.68. The van der Waals surface area contributed by atoms with Crippen LogP contribution in [0.5, 0.6) is 0 Å². The van der Waals surface area contributed by atoms with E-state index in [4.69, 9.17) is 0 Å². The average molecular weight is 272 g/mol. The van der Waals surface area contributed by atoms with Crippen LogP contribution in [-0.4, -0.2) is 22.8 Å². The van der Waals surface area contributed by atoms with E-state index in [9.17, 15) is 4.79 Å². The van der Waals surface area contributed by atoms with Gasteiger partial charge >= 0.3 is 0 Å². The Morgan fingerprint density at radius 3 is 2.58 bits per heavy atom. The number of anilines is 1. The van der Waals surface area contributed by atoms with Crippen LogP contribution in [0.15, 0.2) is 48.8 Å². The van der Waals surface area contributed by atoms with Gasteiger partial charge in [-0.05, 0) is 42.0 Å². The van der Waals surface area contributed by atoms with Crippen molar-refractivity contribution in [1.82, 2.24) is 4.57 Å². The first-order chi connectivity index (χ1) is 9.28. The van der Waals surface area contributed by atoms with Crippen LogP contribution in [0.1, 0.15) is 6.42 Å². The highest BCUT2D eigenvalue weighted by Crippen LogP contribution is 2.27. The summed E-state index contributed by atoms with van der Waals surface area (Å²) in [5, 5.41) is 0. The number of hydrogen-bond acceptors (Lipinski definition) is 2. The quantitative estimate of drug-likeness (QED) is 0.854. The van der Waals surface area contributed by atoms with Crippen molar-refractivity contribution < 1.29 is 4.79 Å². The van der Waals surface area contributed by atoms with Crippen molar-refractivity contribution in [2.75, 3.05) is 17.2 Å². The third kappa shape index (κ3) is 2.40. The SMILES string of the molecule is O=C1CC(CS)CN1c1cccc(-n2cccc2)c1. The first kappa shape index (κ1) is 12.4. The minimum absolute atomic E-state index is 0.198. The van der Waals surface area contributed by atoms with Gasteiger partial charge in [-0.3, -0.25) is 4.79 Å². The summed E-state index contributed by atoms with van der Waals surface area (Å²) in [5.74, 6) is 1.33. The molecule has 0 N–H and O–H groups in total. The van der Waals surface area contributed by atoms with E-state index in [1.54, 1.807) is 0 Å². The van der Waals surface area contributed by atoms with E-state index in [-0.39, 0.29) is 5.91 Å². The number of hydrogen-bond donors (Lipinski definition) is 1. The second-order valence-electron chi connectivity index (χ2n) is 4.87. The maximum absolute atomic E-state index is 12.0. The Labute approximate surface area is 118 Å². The molecule has 1 unspecified atom stereocenters. The predicted molar refractivity (Wildman–Crippen MR) is 80.1 cm³/mol. The predicted octanol–water partition coefficient (Wildman–Crippen LogP) is 2.76. The van der Waals surface area contributed by atoms with Crippen molar-refractivity contribution >= 4 is 24.2 Å². The molecule has 19 heavy (non-hydrogen) atoms. The minimum atomic E-state index is 0.198. The Bertz CT molecular complexity index is 580. The van der Waals surface area contributed by atoms with Crippen LogP contribution in [0.25, 0.3) is 5.69 Å². The normalized spacial score (nSPS) is 19.1. The van der Waals surface area contributed by atoms with Gasteiger partial charge in [0.1, 0.15) is 0 Å². The third-order valence-corrected chi connectivity index (χ3v) is 4.02. The molecule has 1 saturated heterocycles. The molecule has 1 aliphatic heterocycles. The highest BCUT2D eigenvalue weighted by atomic mass is 32.1. The maximum Gasteiger partial charge on any atom is 0.227 e. The summed E-state index contributed by atoms with van der Waals surface area (Å²) in [6.45, 7) is 0.775. The molecule has 0 saturated carbocycles. The summed E-state index contributed by atoms with van der Waals surface area (Å²) in [7, 11) is 0. The standard InChI is InChI=1S/C15H16N2OS/c18-15-8-12(11-19)10-17(15)14-5-3-4-13(9-14)16-6-1-2-7-16/h1-7,9,12,19H,8,10-11H2. The minimum Gasteiger partial charge on any atom is -0.324 e. The van der Waals surface area contributed by atoms with E-state index < -0.39 is 0 Å². The van der Waals surface area contributed by atoms with E-state index >= 15 is 0 Å². The van der Waals surface area contributed by atoms with Crippen molar-refractivity contribution in [3.05, 3.63) is 48.8 Å². The summed E-state index contributed by atoms with van der Waals surface area (Å²) in [5.41, 5.74) is 2.05. The molecular weight excluding hydrogens is 256 g/mol. The molecule has 2 aromatic rings. The summed E-state index contributed by atoms with van der Waals surface area (Å²) >= 11 is 4.30. The Balaban J connectivity index is 1.90. The van der Waals surface area contributed by atoms with Crippen LogP contribution in [-0.2, 0) is 4.79 Å². The van der Waals surface area contributed by atoms with Crippen LogP contribution in [0, 0.1) is 5.92 Å². The second kappa shape index (κ2) is 5.13. The molecular formula is C15H16N2OS. The van der Waals surface area contributed by atoms with Crippen LogP contribution in [0.4, 0.5) is 5.69 Å². The third-order valence-electron chi connectivity index (χ3n) is 3.51. The van der Waals surface area contributed by atoms with Crippen molar-refractivity contribution in [1.29, 1.82) is 0 Å². The molecule has 1 aromatic carbocycles. The number of benzene rings is 1. The van der Waals surface area contributed by atoms with Gasteiger partial charge in [0.05, 0.1) is 0 Å². The average Bonchev–Trinajstić information content (AvgIpc) is 3.08. The fourth-order valence-electron chi connectivity index (χ4n) is 2.48. The van der Waals surface area contributed by atoms with Crippen LogP contribution in [0.2, 0.25) is 0 Å². The fraction of sp³-hybridized carbons (Fsp3) is 0.267. The van der Waals surface area contributed by atoms with E-state index in [2.05, 4.69) is 18.7 Å². The number of carbonyl (C=O) groups excluding carboxylic acids is 1. The molecule has 0 spiro atoms. The van der Waals surface area contributed by atoms with E-state index in [0.717, 1.165) is 23.7 Å². The molecule has 98 valence electrons.